The smallest absolute Gasteiger partial charge is 0.191 e. The number of para-hydroxylation sites is 1. The number of aromatic amines is 1. The van der Waals surface area contributed by atoms with Crippen LogP contribution in [-0.4, -0.2) is 24.5 Å². The molecule has 0 atom stereocenters. The van der Waals surface area contributed by atoms with E-state index in [0.717, 1.165) is 17.2 Å². The van der Waals surface area contributed by atoms with Gasteiger partial charge >= 0.3 is 0 Å². The average molecular weight is 242 g/mol. The zero-order valence-electron chi connectivity index (χ0n) is 10.5. The summed E-state index contributed by atoms with van der Waals surface area (Å²) in [7, 11) is 1.75. The highest BCUT2D eigenvalue weighted by atomic mass is 15.2. The molecule has 2 rings (SSSR count). The minimum absolute atomic E-state index is 0.701. The van der Waals surface area contributed by atoms with Crippen molar-refractivity contribution in [3.05, 3.63) is 48.7 Å². The van der Waals surface area contributed by atoms with E-state index >= 15 is 0 Å². The van der Waals surface area contributed by atoms with Crippen molar-refractivity contribution in [2.24, 2.45) is 4.99 Å². The summed E-state index contributed by atoms with van der Waals surface area (Å²) in [6, 6.07) is 10.4. The Morgan fingerprint density at radius 3 is 2.94 bits per heavy atom. The molecule has 4 nitrogen and oxygen atoms in total. The largest absolute Gasteiger partial charge is 0.357 e. The highest BCUT2D eigenvalue weighted by molar-refractivity contribution is 5.81. The van der Waals surface area contributed by atoms with E-state index in [4.69, 9.17) is 0 Å². The van der Waals surface area contributed by atoms with E-state index in [9.17, 15) is 0 Å². The second kappa shape index (κ2) is 5.91. The second-order valence-corrected chi connectivity index (χ2v) is 3.98. The van der Waals surface area contributed by atoms with Gasteiger partial charge in [0.25, 0.3) is 0 Å². The van der Waals surface area contributed by atoms with Gasteiger partial charge in [-0.3, -0.25) is 4.99 Å². The summed E-state index contributed by atoms with van der Waals surface area (Å²) < 4.78 is 0. The highest BCUT2D eigenvalue weighted by Gasteiger charge is 2.01. The molecule has 2 aromatic rings. The van der Waals surface area contributed by atoms with Crippen LogP contribution in [0, 0.1) is 0 Å². The summed E-state index contributed by atoms with van der Waals surface area (Å²) in [5.41, 5.74) is 2.29. The number of hydrogen-bond acceptors (Lipinski definition) is 1. The number of guanidine groups is 1. The lowest BCUT2D eigenvalue weighted by Gasteiger charge is -2.09. The van der Waals surface area contributed by atoms with Crippen LogP contribution in [0.25, 0.3) is 10.9 Å². The Morgan fingerprint density at radius 1 is 1.39 bits per heavy atom. The van der Waals surface area contributed by atoms with E-state index in [1.54, 1.807) is 13.1 Å². The summed E-state index contributed by atoms with van der Waals surface area (Å²) in [5.74, 6) is 0.772. The monoisotopic (exact) mass is 242 g/mol. The van der Waals surface area contributed by atoms with Gasteiger partial charge in [0.15, 0.2) is 5.96 Å². The lowest BCUT2D eigenvalue weighted by Crippen LogP contribution is -2.36. The van der Waals surface area contributed by atoms with E-state index in [1.807, 2.05) is 12.1 Å². The first-order valence-corrected chi connectivity index (χ1v) is 5.95. The van der Waals surface area contributed by atoms with Crippen molar-refractivity contribution in [3.63, 3.8) is 0 Å². The van der Waals surface area contributed by atoms with Gasteiger partial charge in [0, 0.05) is 24.8 Å². The van der Waals surface area contributed by atoms with Crippen LogP contribution in [0.4, 0.5) is 0 Å². The van der Waals surface area contributed by atoms with Crippen LogP contribution in [0.5, 0.6) is 0 Å². The van der Waals surface area contributed by atoms with Gasteiger partial charge in [0.1, 0.15) is 0 Å². The number of aliphatic imine (C=N–C) groups is 1. The molecular formula is C14H18N4. The molecule has 0 bridgehead atoms. The van der Waals surface area contributed by atoms with Gasteiger partial charge in [0.2, 0.25) is 0 Å². The Hall–Kier alpha value is -2.23. The first-order chi connectivity index (χ1) is 8.83. The van der Waals surface area contributed by atoms with Crippen LogP contribution in [0.15, 0.2) is 48.0 Å². The molecule has 0 aliphatic carbocycles. The average Bonchev–Trinajstić information content (AvgIpc) is 2.81. The van der Waals surface area contributed by atoms with Crippen LogP contribution in [0.3, 0.4) is 0 Å². The Morgan fingerprint density at radius 2 is 2.22 bits per heavy atom. The number of benzene rings is 1. The highest BCUT2D eigenvalue weighted by Crippen LogP contribution is 2.14. The number of nitrogens with zero attached hydrogens (tertiary/aromatic N) is 1. The Balaban J connectivity index is 1.98. The first kappa shape index (κ1) is 12.2. The molecule has 0 spiro atoms. The summed E-state index contributed by atoms with van der Waals surface area (Å²) >= 11 is 0. The topological polar surface area (TPSA) is 52.2 Å². The fourth-order valence-corrected chi connectivity index (χ4v) is 1.80. The van der Waals surface area contributed by atoms with Crippen molar-refractivity contribution < 1.29 is 0 Å². The van der Waals surface area contributed by atoms with Crippen molar-refractivity contribution in [3.8, 4) is 0 Å². The third kappa shape index (κ3) is 2.91. The number of H-pyrrole nitrogens is 1. The zero-order chi connectivity index (χ0) is 12.8. The molecule has 18 heavy (non-hydrogen) atoms. The third-order valence-electron chi connectivity index (χ3n) is 2.67. The molecule has 0 saturated heterocycles. The van der Waals surface area contributed by atoms with E-state index in [0.29, 0.717) is 13.1 Å². The van der Waals surface area contributed by atoms with Crippen molar-refractivity contribution in [1.29, 1.82) is 0 Å². The number of nitrogens with one attached hydrogen (secondary N) is 3. The van der Waals surface area contributed by atoms with Crippen molar-refractivity contribution in [1.82, 2.24) is 15.6 Å². The Bertz CT molecular complexity index is 521. The van der Waals surface area contributed by atoms with Gasteiger partial charge in [-0.1, -0.05) is 24.3 Å². The van der Waals surface area contributed by atoms with Gasteiger partial charge < -0.3 is 15.6 Å². The predicted molar refractivity (Wildman–Crippen MR) is 76.7 cm³/mol. The SMILES string of the molecule is C=CCNC(=NC)NCc1cc2ccccc2[nH]1. The van der Waals surface area contributed by atoms with Crippen LogP contribution < -0.4 is 10.6 Å². The molecule has 0 radical (unpaired) electrons. The lowest BCUT2D eigenvalue weighted by atomic mass is 10.2. The van der Waals surface area contributed by atoms with Gasteiger partial charge in [-0.25, -0.2) is 0 Å². The van der Waals surface area contributed by atoms with E-state index in [-0.39, 0.29) is 0 Å². The number of aromatic nitrogens is 1. The molecule has 0 amide bonds. The van der Waals surface area contributed by atoms with Gasteiger partial charge in [-0.2, -0.15) is 0 Å². The Kier molecular flexibility index (Phi) is 4.02. The molecule has 1 heterocycles. The van der Waals surface area contributed by atoms with E-state index < -0.39 is 0 Å². The van der Waals surface area contributed by atoms with Gasteiger partial charge in [-0.15, -0.1) is 6.58 Å². The summed E-state index contributed by atoms with van der Waals surface area (Å²) in [6.45, 7) is 5.08. The number of rotatable bonds is 4. The minimum Gasteiger partial charge on any atom is -0.357 e. The molecule has 0 aliphatic rings. The standard InChI is InChI=1S/C14H18N4/c1-3-8-16-14(15-2)17-10-12-9-11-6-4-5-7-13(11)18-12/h3-7,9,18H,1,8,10H2,2H3,(H2,15,16,17). The van der Waals surface area contributed by atoms with Crippen LogP contribution in [0.2, 0.25) is 0 Å². The maximum atomic E-state index is 4.13. The van der Waals surface area contributed by atoms with Crippen LogP contribution in [0.1, 0.15) is 5.69 Å². The van der Waals surface area contributed by atoms with Gasteiger partial charge in [0.05, 0.1) is 6.54 Å². The molecule has 1 aromatic heterocycles. The summed E-state index contributed by atoms with van der Waals surface area (Å²) in [6.07, 6.45) is 1.80. The van der Waals surface area contributed by atoms with Gasteiger partial charge in [-0.05, 0) is 17.5 Å². The molecule has 3 N–H and O–H groups in total. The molecule has 0 saturated carbocycles. The molecular weight excluding hydrogens is 224 g/mol. The summed E-state index contributed by atoms with van der Waals surface area (Å²) in [4.78, 5) is 7.49. The first-order valence-electron chi connectivity index (χ1n) is 5.95. The minimum atomic E-state index is 0.701. The predicted octanol–water partition coefficient (Wildman–Crippen LogP) is 2.02. The van der Waals surface area contributed by atoms with Crippen molar-refractivity contribution >= 4 is 16.9 Å². The Labute approximate surface area is 107 Å². The second-order valence-electron chi connectivity index (χ2n) is 3.98. The third-order valence-corrected chi connectivity index (χ3v) is 2.67. The fraction of sp³-hybridized carbons (Fsp3) is 0.214. The maximum Gasteiger partial charge on any atom is 0.191 e. The zero-order valence-corrected chi connectivity index (χ0v) is 10.5. The molecule has 0 aliphatic heterocycles. The van der Waals surface area contributed by atoms with Crippen molar-refractivity contribution in [2.45, 2.75) is 6.54 Å². The molecule has 94 valence electrons. The number of hydrogen-bond donors (Lipinski definition) is 3. The van der Waals surface area contributed by atoms with E-state index in [2.05, 4.69) is 45.4 Å². The maximum absolute atomic E-state index is 4.13. The molecule has 1 aromatic carbocycles. The normalized spacial score (nSPS) is 11.5. The van der Waals surface area contributed by atoms with Crippen molar-refractivity contribution in [2.75, 3.05) is 13.6 Å². The quantitative estimate of drug-likeness (QED) is 0.436. The van der Waals surface area contributed by atoms with Crippen LogP contribution in [-0.2, 0) is 6.54 Å². The molecule has 0 unspecified atom stereocenters. The lowest BCUT2D eigenvalue weighted by molar-refractivity contribution is 0.831. The number of fused-ring (bicyclic) bond motifs is 1. The molecule has 0 fully saturated rings. The summed E-state index contributed by atoms with van der Waals surface area (Å²) in [5, 5.41) is 7.60. The fourth-order valence-electron chi connectivity index (χ4n) is 1.80. The van der Waals surface area contributed by atoms with Crippen LogP contribution >= 0.6 is 0 Å². The van der Waals surface area contributed by atoms with E-state index in [1.165, 1.54) is 5.39 Å². The molecule has 4 heteroatoms.